The summed E-state index contributed by atoms with van der Waals surface area (Å²) in [4.78, 5) is 24.1. The third-order valence-corrected chi connectivity index (χ3v) is 4.12. The average Bonchev–Trinajstić information content (AvgIpc) is 2.77. The van der Waals surface area contributed by atoms with E-state index in [2.05, 4.69) is 5.32 Å². The molecule has 1 amide bonds. The fourth-order valence-corrected chi connectivity index (χ4v) is 2.62. The van der Waals surface area contributed by atoms with Gasteiger partial charge in [-0.05, 0) is 54.6 Å². The topological polar surface area (TPSA) is 73.9 Å². The number of carbonyl (C=O) groups is 2. The molecule has 0 unspecified atom stereocenters. The van der Waals surface area contributed by atoms with Gasteiger partial charge in [0.15, 0.2) is 0 Å². The largest absolute Gasteiger partial charge is 0.496 e. The standard InChI is InChI=1S/C23H20FNO5/c1-28-21-12-9-18(24)13-17(21)15-29-22(26)14-25-23(27)16-7-10-20(11-8-16)30-19-5-3-2-4-6-19/h2-13H,14-15H2,1H3,(H,25,27). The fourth-order valence-electron chi connectivity index (χ4n) is 2.62. The van der Waals surface area contributed by atoms with Gasteiger partial charge in [-0.25, -0.2) is 4.39 Å². The van der Waals surface area contributed by atoms with Gasteiger partial charge in [-0.2, -0.15) is 0 Å². The molecule has 0 bridgehead atoms. The summed E-state index contributed by atoms with van der Waals surface area (Å²) in [5.41, 5.74) is 0.765. The van der Waals surface area contributed by atoms with Crippen molar-refractivity contribution in [3.63, 3.8) is 0 Å². The van der Waals surface area contributed by atoms with Crippen LogP contribution in [0.3, 0.4) is 0 Å². The van der Waals surface area contributed by atoms with E-state index in [1.165, 1.54) is 25.3 Å². The minimum absolute atomic E-state index is 0.166. The zero-order valence-corrected chi connectivity index (χ0v) is 16.3. The molecule has 0 aliphatic heterocycles. The molecule has 0 spiro atoms. The highest BCUT2D eigenvalue weighted by atomic mass is 19.1. The summed E-state index contributed by atoms with van der Waals surface area (Å²) in [6.45, 7) is -0.486. The van der Waals surface area contributed by atoms with Crippen molar-refractivity contribution >= 4 is 11.9 Å². The normalized spacial score (nSPS) is 10.2. The van der Waals surface area contributed by atoms with Gasteiger partial charge in [0.1, 0.15) is 36.2 Å². The van der Waals surface area contributed by atoms with Gasteiger partial charge in [-0.15, -0.1) is 0 Å². The Morgan fingerprint density at radius 1 is 0.933 bits per heavy atom. The van der Waals surface area contributed by atoms with Crippen molar-refractivity contribution in [2.75, 3.05) is 13.7 Å². The number of benzene rings is 3. The van der Waals surface area contributed by atoms with Gasteiger partial charge in [-0.1, -0.05) is 18.2 Å². The molecule has 30 heavy (non-hydrogen) atoms. The highest BCUT2D eigenvalue weighted by Gasteiger charge is 2.11. The number of halogens is 1. The minimum Gasteiger partial charge on any atom is -0.496 e. The molecule has 0 fully saturated rings. The van der Waals surface area contributed by atoms with Crippen LogP contribution in [0.2, 0.25) is 0 Å². The second-order valence-corrected chi connectivity index (χ2v) is 6.24. The van der Waals surface area contributed by atoms with Gasteiger partial charge < -0.3 is 19.5 Å². The number of rotatable bonds is 8. The van der Waals surface area contributed by atoms with E-state index in [0.29, 0.717) is 28.4 Å². The Morgan fingerprint density at radius 2 is 1.63 bits per heavy atom. The van der Waals surface area contributed by atoms with Crippen molar-refractivity contribution in [2.24, 2.45) is 0 Å². The molecule has 6 nitrogen and oxygen atoms in total. The molecular formula is C23H20FNO5. The lowest BCUT2D eigenvalue weighted by atomic mass is 10.2. The second-order valence-electron chi connectivity index (χ2n) is 6.24. The summed E-state index contributed by atoms with van der Waals surface area (Å²) in [6, 6.07) is 19.7. The third kappa shape index (κ3) is 5.81. The smallest absolute Gasteiger partial charge is 0.325 e. The SMILES string of the molecule is COc1ccc(F)cc1COC(=O)CNC(=O)c1ccc(Oc2ccccc2)cc1. The predicted octanol–water partition coefficient (Wildman–Crippen LogP) is 4.10. The van der Waals surface area contributed by atoms with Gasteiger partial charge in [0, 0.05) is 11.1 Å². The number of hydrogen-bond acceptors (Lipinski definition) is 5. The van der Waals surface area contributed by atoms with Gasteiger partial charge in [0.25, 0.3) is 5.91 Å². The number of ether oxygens (including phenoxy) is 3. The summed E-state index contributed by atoms with van der Waals surface area (Å²) in [5.74, 6) is 0.134. The van der Waals surface area contributed by atoms with Crippen molar-refractivity contribution in [3.8, 4) is 17.2 Å². The molecule has 3 aromatic rings. The van der Waals surface area contributed by atoms with Crippen molar-refractivity contribution in [3.05, 3.63) is 89.7 Å². The van der Waals surface area contributed by atoms with Crippen LogP contribution >= 0.6 is 0 Å². The maximum absolute atomic E-state index is 13.3. The first-order chi connectivity index (χ1) is 14.5. The molecule has 1 N–H and O–H groups in total. The van der Waals surface area contributed by atoms with E-state index < -0.39 is 17.7 Å². The van der Waals surface area contributed by atoms with E-state index >= 15 is 0 Å². The van der Waals surface area contributed by atoms with Crippen LogP contribution in [-0.4, -0.2) is 25.5 Å². The molecule has 0 heterocycles. The van der Waals surface area contributed by atoms with Crippen LogP contribution in [0, 0.1) is 5.82 Å². The number of nitrogens with one attached hydrogen (secondary N) is 1. The lowest BCUT2D eigenvalue weighted by Gasteiger charge is -2.10. The molecule has 3 aromatic carbocycles. The van der Waals surface area contributed by atoms with Crippen LogP contribution in [0.4, 0.5) is 4.39 Å². The van der Waals surface area contributed by atoms with E-state index in [-0.39, 0.29) is 13.2 Å². The third-order valence-electron chi connectivity index (χ3n) is 4.12. The van der Waals surface area contributed by atoms with Gasteiger partial charge >= 0.3 is 5.97 Å². The summed E-state index contributed by atoms with van der Waals surface area (Å²) in [6.07, 6.45) is 0. The number of methoxy groups -OCH3 is 1. The van der Waals surface area contributed by atoms with Gasteiger partial charge in [0.2, 0.25) is 0 Å². The van der Waals surface area contributed by atoms with Crippen LogP contribution in [0.15, 0.2) is 72.8 Å². The maximum atomic E-state index is 13.3. The summed E-state index contributed by atoms with van der Waals surface area (Å²) < 4.78 is 29.2. The molecule has 0 saturated heterocycles. The molecule has 0 aliphatic carbocycles. The van der Waals surface area contributed by atoms with Crippen molar-refractivity contribution < 1.29 is 28.2 Å². The van der Waals surface area contributed by atoms with Crippen molar-refractivity contribution in [1.29, 1.82) is 0 Å². The summed E-state index contributed by atoms with van der Waals surface area (Å²) in [5, 5.41) is 2.48. The number of esters is 1. The van der Waals surface area contributed by atoms with Crippen LogP contribution in [0.5, 0.6) is 17.2 Å². The summed E-state index contributed by atoms with van der Waals surface area (Å²) in [7, 11) is 1.44. The number of amides is 1. The molecule has 0 radical (unpaired) electrons. The molecule has 0 aliphatic rings. The highest BCUT2D eigenvalue weighted by Crippen LogP contribution is 2.21. The maximum Gasteiger partial charge on any atom is 0.325 e. The zero-order valence-electron chi connectivity index (χ0n) is 16.3. The van der Waals surface area contributed by atoms with E-state index in [1.54, 1.807) is 24.3 Å². The Kier molecular flexibility index (Phi) is 7.00. The Bertz CT molecular complexity index is 1010. The Morgan fingerprint density at radius 3 is 2.33 bits per heavy atom. The quantitative estimate of drug-likeness (QED) is 0.567. The molecule has 0 atom stereocenters. The van der Waals surface area contributed by atoms with E-state index in [1.807, 2.05) is 30.3 Å². The van der Waals surface area contributed by atoms with Crippen LogP contribution in [0.1, 0.15) is 15.9 Å². The lowest BCUT2D eigenvalue weighted by Crippen LogP contribution is -2.30. The van der Waals surface area contributed by atoms with Crippen LogP contribution in [-0.2, 0) is 16.1 Å². The Hall–Kier alpha value is -3.87. The van der Waals surface area contributed by atoms with Crippen LogP contribution < -0.4 is 14.8 Å². The predicted molar refractivity (Wildman–Crippen MR) is 108 cm³/mol. The molecule has 0 saturated carbocycles. The zero-order chi connectivity index (χ0) is 21.3. The second kappa shape index (κ2) is 10.1. The first kappa shape index (κ1) is 20.9. The monoisotopic (exact) mass is 409 g/mol. The minimum atomic E-state index is -0.654. The van der Waals surface area contributed by atoms with Crippen LogP contribution in [0.25, 0.3) is 0 Å². The molecule has 3 rings (SSSR count). The van der Waals surface area contributed by atoms with E-state index in [9.17, 15) is 14.0 Å². The van der Waals surface area contributed by atoms with E-state index in [4.69, 9.17) is 14.2 Å². The molecular weight excluding hydrogens is 389 g/mol. The lowest BCUT2D eigenvalue weighted by molar-refractivity contribution is -0.143. The van der Waals surface area contributed by atoms with E-state index in [0.717, 1.165) is 0 Å². The molecule has 154 valence electrons. The van der Waals surface area contributed by atoms with Gasteiger partial charge in [0.05, 0.1) is 7.11 Å². The van der Waals surface area contributed by atoms with Crippen molar-refractivity contribution in [1.82, 2.24) is 5.32 Å². The van der Waals surface area contributed by atoms with Gasteiger partial charge in [-0.3, -0.25) is 9.59 Å². The number of para-hydroxylation sites is 1. The molecule has 0 aromatic heterocycles. The number of hydrogen-bond donors (Lipinski definition) is 1. The Balaban J connectivity index is 1.48. The fraction of sp³-hybridized carbons (Fsp3) is 0.130. The first-order valence-corrected chi connectivity index (χ1v) is 9.14. The highest BCUT2D eigenvalue weighted by molar-refractivity contribution is 5.96. The average molecular weight is 409 g/mol. The Labute approximate surface area is 173 Å². The summed E-state index contributed by atoms with van der Waals surface area (Å²) >= 11 is 0. The first-order valence-electron chi connectivity index (χ1n) is 9.14. The number of carbonyl (C=O) groups excluding carboxylic acids is 2. The van der Waals surface area contributed by atoms with Crippen molar-refractivity contribution in [2.45, 2.75) is 6.61 Å². The molecule has 7 heteroatoms.